The van der Waals surface area contributed by atoms with Crippen molar-refractivity contribution in [2.45, 2.75) is 0 Å². The Hall–Kier alpha value is -0.940. The first-order chi connectivity index (χ1) is 6.56. The maximum atomic E-state index is 11.3. The number of rotatable bonds is 2. The number of thiophene rings is 1. The highest BCUT2D eigenvalue weighted by atomic mass is 35.5. The van der Waals surface area contributed by atoms with Gasteiger partial charge < -0.3 is 15.0 Å². The summed E-state index contributed by atoms with van der Waals surface area (Å²) in [5, 5.41) is 4.41. The molecule has 0 unspecified atom stereocenters. The molecule has 0 saturated carbocycles. The summed E-state index contributed by atoms with van der Waals surface area (Å²) in [6.07, 6.45) is 0. The molecule has 2 amide bonds. The van der Waals surface area contributed by atoms with Crippen molar-refractivity contribution >= 4 is 34.7 Å². The Morgan fingerprint density at radius 1 is 1.64 bits per heavy atom. The lowest BCUT2D eigenvalue weighted by Gasteiger charge is -2.11. The predicted molar refractivity (Wildman–Crippen MR) is 58.6 cm³/mol. The van der Waals surface area contributed by atoms with Crippen LogP contribution in [0.15, 0.2) is 5.38 Å². The van der Waals surface area contributed by atoms with Gasteiger partial charge in [-0.05, 0) is 0 Å². The van der Waals surface area contributed by atoms with E-state index < -0.39 is 0 Å². The Morgan fingerprint density at radius 2 is 2.29 bits per heavy atom. The van der Waals surface area contributed by atoms with E-state index in [4.69, 9.17) is 16.3 Å². The molecule has 0 fully saturated rings. The molecular weight excluding hydrogens is 224 g/mol. The first kappa shape index (κ1) is 11.1. The van der Waals surface area contributed by atoms with Crippen LogP contribution in [0.4, 0.5) is 10.5 Å². The lowest BCUT2D eigenvalue weighted by molar-refractivity contribution is 0.230. The zero-order valence-electron chi connectivity index (χ0n) is 8.13. The van der Waals surface area contributed by atoms with Gasteiger partial charge in [0.2, 0.25) is 0 Å². The van der Waals surface area contributed by atoms with Crippen molar-refractivity contribution in [2.75, 3.05) is 26.5 Å². The maximum Gasteiger partial charge on any atom is 0.321 e. The molecule has 0 aliphatic rings. The lowest BCUT2D eigenvalue weighted by Crippen LogP contribution is -2.27. The minimum absolute atomic E-state index is 0.210. The summed E-state index contributed by atoms with van der Waals surface area (Å²) in [6, 6.07) is -0.210. The van der Waals surface area contributed by atoms with E-state index in [1.54, 1.807) is 19.5 Å². The molecule has 0 saturated heterocycles. The van der Waals surface area contributed by atoms with Gasteiger partial charge in [0, 0.05) is 19.5 Å². The molecule has 0 aliphatic heterocycles. The normalized spacial score (nSPS) is 9.71. The van der Waals surface area contributed by atoms with Crippen LogP contribution in [0.5, 0.6) is 5.75 Å². The van der Waals surface area contributed by atoms with E-state index in [2.05, 4.69) is 5.32 Å². The molecule has 0 radical (unpaired) electrons. The van der Waals surface area contributed by atoms with Crippen LogP contribution in [-0.2, 0) is 0 Å². The van der Waals surface area contributed by atoms with Gasteiger partial charge in [0.15, 0.2) is 5.75 Å². The highest BCUT2D eigenvalue weighted by Gasteiger charge is 2.13. The molecular formula is C8H11ClN2O2S. The molecule has 1 heterocycles. The van der Waals surface area contributed by atoms with Crippen LogP contribution in [0.2, 0.25) is 4.34 Å². The molecule has 1 aromatic heterocycles. The third-order valence-electron chi connectivity index (χ3n) is 1.56. The van der Waals surface area contributed by atoms with E-state index in [1.165, 1.54) is 23.3 Å². The molecule has 78 valence electrons. The molecule has 0 bridgehead atoms. The molecule has 0 aliphatic carbocycles. The van der Waals surface area contributed by atoms with Gasteiger partial charge in [0.25, 0.3) is 0 Å². The van der Waals surface area contributed by atoms with E-state index in [0.717, 1.165) is 0 Å². The van der Waals surface area contributed by atoms with Crippen molar-refractivity contribution in [2.24, 2.45) is 0 Å². The Bertz CT molecular complexity index is 338. The Balaban J connectivity index is 2.81. The number of halogens is 1. The van der Waals surface area contributed by atoms with Crippen LogP contribution >= 0.6 is 22.9 Å². The van der Waals surface area contributed by atoms with Gasteiger partial charge in [-0.2, -0.15) is 0 Å². The van der Waals surface area contributed by atoms with E-state index in [1.807, 2.05) is 0 Å². The van der Waals surface area contributed by atoms with Crippen molar-refractivity contribution in [3.63, 3.8) is 0 Å². The number of nitrogens with zero attached hydrogens (tertiary/aromatic N) is 1. The molecule has 1 aromatic rings. The molecule has 6 heteroatoms. The first-order valence-electron chi connectivity index (χ1n) is 3.85. The average molecular weight is 235 g/mol. The number of carbonyl (C=O) groups is 1. The number of anilines is 1. The minimum Gasteiger partial charge on any atom is -0.492 e. The summed E-state index contributed by atoms with van der Waals surface area (Å²) in [7, 11) is 4.84. The number of nitrogens with one attached hydrogen (secondary N) is 1. The van der Waals surface area contributed by atoms with Gasteiger partial charge in [0.1, 0.15) is 4.34 Å². The molecule has 1 rings (SSSR count). The van der Waals surface area contributed by atoms with Gasteiger partial charge in [-0.1, -0.05) is 11.6 Å². The van der Waals surface area contributed by atoms with Gasteiger partial charge in [-0.25, -0.2) is 4.79 Å². The molecule has 0 spiro atoms. The average Bonchev–Trinajstić information content (AvgIpc) is 2.46. The Labute approximate surface area is 91.4 Å². The van der Waals surface area contributed by atoms with Crippen LogP contribution in [0.1, 0.15) is 0 Å². The number of methoxy groups -OCH3 is 1. The van der Waals surface area contributed by atoms with Gasteiger partial charge in [0.05, 0.1) is 12.8 Å². The number of hydrogen-bond acceptors (Lipinski definition) is 3. The smallest absolute Gasteiger partial charge is 0.321 e. The number of urea groups is 1. The summed E-state index contributed by atoms with van der Waals surface area (Å²) in [6.45, 7) is 0. The van der Waals surface area contributed by atoms with Crippen LogP contribution in [0, 0.1) is 0 Å². The number of ether oxygens (including phenoxy) is 1. The fourth-order valence-electron chi connectivity index (χ4n) is 0.827. The Morgan fingerprint density at radius 3 is 2.79 bits per heavy atom. The fraction of sp³-hybridized carbons (Fsp3) is 0.375. The summed E-state index contributed by atoms with van der Waals surface area (Å²) < 4.78 is 5.57. The zero-order chi connectivity index (χ0) is 10.7. The van der Waals surface area contributed by atoms with Gasteiger partial charge >= 0.3 is 6.03 Å². The van der Waals surface area contributed by atoms with E-state index in [-0.39, 0.29) is 6.03 Å². The number of hydrogen-bond donors (Lipinski definition) is 1. The summed E-state index contributed by atoms with van der Waals surface area (Å²) in [5.74, 6) is 0.506. The van der Waals surface area contributed by atoms with E-state index in [0.29, 0.717) is 15.8 Å². The molecule has 14 heavy (non-hydrogen) atoms. The van der Waals surface area contributed by atoms with Crippen molar-refractivity contribution in [1.82, 2.24) is 4.90 Å². The van der Waals surface area contributed by atoms with Crippen LogP contribution < -0.4 is 10.1 Å². The quantitative estimate of drug-likeness (QED) is 0.854. The summed E-state index contributed by atoms with van der Waals surface area (Å²) in [4.78, 5) is 12.7. The second-order valence-corrected chi connectivity index (χ2v) is 4.26. The van der Waals surface area contributed by atoms with Gasteiger partial charge in [-0.3, -0.25) is 0 Å². The highest BCUT2D eigenvalue weighted by Crippen LogP contribution is 2.38. The standard InChI is InChI=1S/C8H11ClN2O2S/c1-11(2)8(12)10-5-4-14-7(9)6(5)13-3/h4H,1-3H3,(H,10,12). The van der Waals surface area contributed by atoms with Crippen molar-refractivity contribution in [3.05, 3.63) is 9.72 Å². The maximum absolute atomic E-state index is 11.3. The lowest BCUT2D eigenvalue weighted by atomic mass is 10.5. The van der Waals surface area contributed by atoms with Crippen LogP contribution in [0.25, 0.3) is 0 Å². The molecule has 1 N–H and O–H groups in total. The number of amides is 2. The van der Waals surface area contributed by atoms with Crippen molar-refractivity contribution in [1.29, 1.82) is 0 Å². The Kier molecular flexibility index (Phi) is 3.60. The molecule has 4 nitrogen and oxygen atoms in total. The third-order valence-corrected chi connectivity index (χ3v) is 2.74. The first-order valence-corrected chi connectivity index (χ1v) is 5.11. The summed E-state index contributed by atoms with van der Waals surface area (Å²) in [5.41, 5.74) is 0.598. The second-order valence-electron chi connectivity index (χ2n) is 2.78. The number of carbonyl (C=O) groups excluding carboxylic acids is 1. The summed E-state index contributed by atoms with van der Waals surface area (Å²) >= 11 is 7.15. The van der Waals surface area contributed by atoms with E-state index >= 15 is 0 Å². The predicted octanol–water partition coefficient (Wildman–Crippen LogP) is 2.50. The zero-order valence-corrected chi connectivity index (χ0v) is 9.70. The third kappa shape index (κ3) is 2.30. The van der Waals surface area contributed by atoms with Crippen LogP contribution in [0.3, 0.4) is 0 Å². The SMILES string of the molecule is COc1c(NC(=O)N(C)C)csc1Cl. The minimum atomic E-state index is -0.210. The van der Waals surface area contributed by atoms with Crippen LogP contribution in [-0.4, -0.2) is 32.1 Å². The van der Waals surface area contributed by atoms with Gasteiger partial charge in [-0.15, -0.1) is 11.3 Å². The monoisotopic (exact) mass is 234 g/mol. The molecule has 0 atom stereocenters. The van der Waals surface area contributed by atoms with Crippen molar-refractivity contribution in [3.8, 4) is 5.75 Å². The highest BCUT2D eigenvalue weighted by molar-refractivity contribution is 7.15. The largest absolute Gasteiger partial charge is 0.492 e. The molecule has 0 aromatic carbocycles. The topological polar surface area (TPSA) is 41.6 Å². The van der Waals surface area contributed by atoms with Crippen molar-refractivity contribution < 1.29 is 9.53 Å². The van der Waals surface area contributed by atoms with E-state index in [9.17, 15) is 4.79 Å². The fourth-order valence-corrected chi connectivity index (χ4v) is 1.83. The second kappa shape index (κ2) is 4.52.